The van der Waals surface area contributed by atoms with Crippen LogP contribution in [0.1, 0.15) is 0 Å². The van der Waals surface area contributed by atoms with Crippen LogP contribution in [0.3, 0.4) is 0 Å². The average molecular weight is 190 g/mol. The van der Waals surface area contributed by atoms with Crippen molar-refractivity contribution >= 4 is 28.6 Å². The van der Waals surface area contributed by atoms with Crippen molar-refractivity contribution in [1.29, 1.82) is 0 Å². The van der Waals surface area contributed by atoms with Crippen LogP contribution < -0.4 is 0 Å². The van der Waals surface area contributed by atoms with Gasteiger partial charge < -0.3 is 0 Å². The van der Waals surface area contributed by atoms with E-state index in [9.17, 15) is 0 Å². The van der Waals surface area contributed by atoms with Gasteiger partial charge in [0, 0.05) is 0 Å². The summed E-state index contributed by atoms with van der Waals surface area (Å²) < 4.78 is 8.38. The zero-order chi connectivity index (χ0) is 2.00. The fourth-order valence-corrected chi connectivity index (χ4v) is 0. The van der Waals surface area contributed by atoms with Crippen molar-refractivity contribution in [3.8, 4) is 0 Å². The molecular weight excluding hydrogens is 182 g/mol. The van der Waals surface area contributed by atoms with Gasteiger partial charge in [-0.25, -0.2) is 0 Å². The summed E-state index contributed by atoms with van der Waals surface area (Å²) in [5, 5.41) is 0. The van der Waals surface area contributed by atoms with E-state index in [0.29, 0.717) is 0 Å². The maximum Gasteiger partial charge on any atom is -0.0149 e. The van der Waals surface area contributed by atoms with E-state index in [-0.39, 0.29) is 46.8 Å². The molecule has 0 radical (unpaired) electrons. The van der Waals surface area contributed by atoms with E-state index in [4.69, 9.17) is 3.57 Å². The largest absolute Gasteiger partial charge is 0.0149 e. The molecule has 0 fully saturated rings. The van der Waals surface area contributed by atoms with Gasteiger partial charge in [-0.3, -0.25) is 0 Å². The monoisotopic (exact) mass is 190 g/mol. The molecule has 0 aromatic heterocycles. The molecule has 0 aliphatic carbocycles. The van der Waals surface area contributed by atoms with Gasteiger partial charge in [0.2, 0.25) is 0 Å². The van der Waals surface area contributed by atoms with Gasteiger partial charge in [-0.2, -0.15) is 0 Å². The van der Waals surface area contributed by atoms with Crippen LogP contribution in [0, 0.1) is 0 Å². The summed E-state index contributed by atoms with van der Waals surface area (Å²) in [5.41, 5.74) is 0. The molecule has 0 spiro atoms. The van der Waals surface area contributed by atoms with Gasteiger partial charge in [-0.15, -0.1) is 0 Å². The Hall–Kier alpha value is 1.18. The SMILES string of the molecule is [GeH4].[O]=[Zn].[SiH4]. The van der Waals surface area contributed by atoms with Crippen LogP contribution in [0.4, 0.5) is 0 Å². The topological polar surface area (TPSA) is 17.1 Å². The molecule has 0 saturated heterocycles. The third kappa shape index (κ3) is 10.8. The molecule has 0 aromatic rings. The molecule has 0 bridgehead atoms. The van der Waals surface area contributed by atoms with Crippen LogP contribution in [-0.4, -0.2) is 28.6 Å². The Labute approximate surface area is 50.5 Å². The van der Waals surface area contributed by atoms with Gasteiger partial charge in [-0.05, 0) is 11.0 Å². The Morgan fingerprint density at radius 3 is 1.25 bits per heavy atom. The van der Waals surface area contributed by atoms with Crippen LogP contribution in [0.15, 0.2) is 0 Å². The number of hydrogen-bond acceptors (Lipinski definition) is 1. The van der Waals surface area contributed by atoms with E-state index >= 15 is 0 Å². The molecule has 0 aromatic carbocycles. The average Bonchev–Trinajstić information content (AvgIpc) is 1.00. The second kappa shape index (κ2) is 30.3. The van der Waals surface area contributed by atoms with Crippen molar-refractivity contribution in [2.75, 3.05) is 0 Å². The molecule has 0 N–H and O–H groups in total. The minimum atomic E-state index is 0. The predicted octanol–water partition coefficient (Wildman–Crippen LogP) is -3.02. The first-order chi connectivity index (χ1) is 1.00. The summed E-state index contributed by atoms with van der Waals surface area (Å²) in [6.07, 6.45) is 0. The third-order valence-electron chi connectivity index (χ3n) is 0. The standard InChI is InChI=1S/GeH4.O.H4Si.Zn/h1H4;;1H4;. The maximum atomic E-state index is 8.38. The molecule has 0 aliphatic rings. The van der Waals surface area contributed by atoms with Crippen molar-refractivity contribution in [3.05, 3.63) is 0 Å². The molecule has 4 heavy (non-hydrogen) atoms. The minimum Gasteiger partial charge on any atom is -0.0149 e. The van der Waals surface area contributed by atoms with Gasteiger partial charge in [0.05, 0.1) is 0 Å². The molecule has 24 valence electrons. The van der Waals surface area contributed by atoms with Gasteiger partial charge in [0.15, 0.2) is 0 Å². The minimum absolute atomic E-state index is 0. The molecule has 0 saturated carbocycles. The first-order valence-corrected chi connectivity index (χ1v) is 1.50. The molecule has 0 atom stereocenters. The van der Waals surface area contributed by atoms with Crippen LogP contribution in [0.25, 0.3) is 0 Å². The van der Waals surface area contributed by atoms with Gasteiger partial charge in [-0.1, -0.05) is 0 Å². The zero-order valence-electron chi connectivity index (χ0n) is 1.12. The zero-order valence-corrected chi connectivity index (χ0v) is 4.08. The smallest absolute Gasteiger partial charge is 0.0149 e. The first kappa shape index (κ1) is 19.0. The van der Waals surface area contributed by atoms with Crippen LogP contribution >= 0.6 is 0 Å². The molecule has 0 rings (SSSR count). The number of hydrogen-bond donors (Lipinski definition) is 0. The van der Waals surface area contributed by atoms with Crippen molar-refractivity contribution in [3.63, 3.8) is 0 Å². The van der Waals surface area contributed by atoms with E-state index < -0.39 is 0 Å². The second-order valence-electron chi connectivity index (χ2n) is 0. The fourth-order valence-electron chi connectivity index (χ4n) is 0. The fraction of sp³-hybridized carbons (Fsp3) is 0. The summed E-state index contributed by atoms with van der Waals surface area (Å²) >= 11 is 0.125. The molecule has 0 unspecified atom stereocenters. The van der Waals surface area contributed by atoms with Crippen LogP contribution in [-0.2, 0) is 21.8 Å². The van der Waals surface area contributed by atoms with Crippen molar-refractivity contribution in [1.82, 2.24) is 0 Å². The molecule has 0 aliphatic heterocycles. The Morgan fingerprint density at radius 1 is 1.25 bits per heavy atom. The van der Waals surface area contributed by atoms with Crippen LogP contribution in [0.2, 0.25) is 0 Å². The molecule has 4 heteroatoms. The second-order valence-corrected chi connectivity index (χ2v) is 0. The maximum absolute atomic E-state index is 8.38. The third-order valence-corrected chi connectivity index (χ3v) is 0. The molecule has 0 heterocycles. The van der Waals surface area contributed by atoms with E-state index in [2.05, 4.69) is 0 Å². The predicted molar refractivity (Wildman–Crippen MR) is 23.4 cm³/mol. The van der Waals surface area contributed by atoms with E-state index in [0.717, 1.165) is 0 Å². The summed E-state index contributed by atoms with van der Waals surface area (Å²) in [7, 11) is 0. The van der Waals surface area contributed by atoms with Crippen molar-refractivity contribution in [2.24, 2.45) is 0 Å². The van der Waals surface area contributed by atoms with Crippen LogP contribution in [0.5, 0.6) is 0 Å². The summed E-state index contributed by atoms with van der Waals surface area (Å²) in [6, 6.07) is 0. The summed E-state index contributed by atoms with van der Waals surface area (Å²) in [5.74, 6) is 0. The quantitative estimate of drug-likeness (QED) is 0.371. The van der Waals surface area contributed by atoms with E-state index in [1.807, 2.05) is 0 Å². The van der Waals surface area contributed by atoms with Crippen molar-refractivity contribution in [2.45, 2.75) is 0 Å². The van der Waals surface area contributed by atoms with E-state index in [1.165, 1.54) is 0 Å². The Kier molecular flexibility index (Phi) is 144. The van der Waals surface area contributed by atoms with Gasteiger partial charge >= 0.3 is 39.4 Å². The summed E-state index contributed by atoms with van der Waals surface area (Å²) in [4.78, 5) is 0. The van der Waals surface area contributed by atoms with Crippen molar-refractivity contribution < 1.29 is 21.8 Å². The normalized spacial score (nSPS) is 1.50. The summed E-state index contributed by atoms with van der Waals surface area (Å²) in [6.45, 7) is 0. The Bertz CT molecular complexity index is 8.00. The number of rotatable bonds is 0. The van der Waals surface area contributed by atoms with Gasteiger partial charge in [0.1, 0.15) is 0 Å². The first-order valence-electron chi connectivity index (χ1n) is 0.289. The Morgan fingerprint density at radius 2 is 1.25 bits per heavy atom. The van der Waals surface area contributed by atoms with E-state index in [1.54, 1.807) is 0 Å². The Balaban J connectivity index is -0.00000000500. The van der Waals surface area contributed by atoms with Gasteiger partial charge in [0.25, 0.3) is 0 Å². The molecule has 0 amide bonds. The molecular formula is H8GeOSiZn. The molecule has 1 nitrogen and oxygen atoms in total.